The van der Waals surface area contributed by atoms with E-state index in [1.54, 1.807) is 31.2 Å². The number of anilines is 2. The van der Waals surface area contributed by atoms with Crippen molar-refractivity contribution < 1.29 is 14.1 Å². The third-order valence-corrected chi connectivity index (χ3v) is 3.25. The van der Waals surface area contributed by atoms with E-state index in [1.807, 2.05) is 6.92 Å². The molecule has 4 N–H and O–H groups in total. The quantitative estimate of drug-likeness (QED) is 0.740. The number of amides is 2. The van der Waals surface area contributed by atoms with Gasteiger partial charge in [-0.3, -0.25) is 9.59 Å². The summed E-state index contributed by atoms with van der Waals surface area (Å²) < 4.78 is 4.86. The predicted octanol–water partition coefficient (Wildman–Crippen LogP) is 2.72. The molecule has 8 heteroatoms. The molecule has 1 unspecified atom stereocenters. The Labute approximate surface area is 146 Å². The van der Waals surface area contributed by atoms with Gasteiger partial charge in [-0.2, -0.15) is 0 Å². The molecular weight excluding hydrogens is 332 g/mol. The average Bonchev–Trinajstić information content (AvgIpc) is 2.93. The maximum absolute atomic E-state index is 12.0. The Morgan fingerprint density at radius 3 is 2.29 bits per heavy atom. The van der Waals surface area contributed by atoms with E-state index in [0.717, 1.165) is 0 Å². The van der Waals surface area contributed by atoms with Crippen LogP contribution < -0.4 is 16.4 Å². The molecule has 1 heterocycles. The number of hydrogen-bond acceptors (Lipinski definition) is 5. The summed E-state index contributed by atoms with van der Waals surface area (Å²) in [5.74, 6) is 0.0807. The SMILES string of the molecule is Cc1oncc1C(=O)Nc1ccc(NC(=O)CCC(C)N)cc1.Cl. The number of nitrogens with zero attached hydrogens (tertiary/aromatic N) is 1. The van der Waals surface area contributed by atoms with Crippen molar-refractivity contribution in [3.05, 3.63) is 41.8 Å². The number of aromatic nitrogens is 1. The van der Waals surface area contributed by atoms with Gasteiger partial charge in [0.1, 0.15) is 11.3 Å². The highest BCUT2D eigenvalue weighted by Gasteiger charge is 2.13. The molecule has 1 aromatic carbocycles. The highest BCUT2D eigenvalue weighted by atomic mass is 35.5. The zero-order valence-corrected chi connectivity index (χ0v) is 14.4. The van der Waals surface area contributed by atoms with E-state index in [2.05, 4.69) is 15.8 Å². The van der Waals surface area contributed by atoms with Crippen LogP contribution in [-0.4, -0.2) is 23.0 Å². The molecule has 1 atom stereocenters. The predicted molar refractivity (Wildman–Crippen MR) is 94.4 cm³/mol. The summed E-state index contributed by atoms with van der Waals surface area (Å²) in [7, 11) is 0. The zero-order valence-electron chi connectivity index (χ0n) is 13.5. The van der Waals surface area contributed by atoms with Crippen LogP contribution in [0.15, 0.2) is 35.0 Å². The second kappa shape index (κ2) is 9.05. The molecule has 7 nitrogen and oxygen atoms in total. The van der Waals surface area contributed by atoms with Crippen LogP contribution in [0.3, 0.4) is 0 Å². The minimum Gasteiger partial charge on any atom is -0.361 e. The number of benzene rings is 1. The summed E-state index contributed by atoms with van der Waals surface area (Å²) >= 11 is 0. The van der Waals surface area contributed by atoms with E-state index in [4.69, 9.17) is 10.3 Å². The van der Waals surface area contributed by atoms with Gasteiger partial charge >= 0.3 is 0 Å². The van der Waals surface area contributed by atoms with Crippen molar-refractivity contribution in [3.8, 4) is 0 Å². The van der Waals surface area contributed by atoms with Gasteiger partial charge in [-0.15, -0.1) is 12.4 Å². The van der Waals surface area contributed by atoms with Gasteiger partial charge < -0.3 is 20.9 Å². The van der Waals surface area contributed by atoms with E-state index in [9.17, 15) is 9.59 Å². The van der Waals surface area contributed by atoms with Gasteiger partial charge in [0.2, 0.25) is 5.91 Å². The van der Waals surface area contributed by atoms with Crippen LogP contribution >= 0.6 is 12.4 Å². The van der Waals surface area contributed by atoms with E-state index >= 15 is 0 Å². The molecule has 2 amide bonds. The number of halogens is 1. The third-order valence-electron chi connectivity index (χ3n) is 3.25. The largest absolute Gasteiger partial charge is 0.361 e. The fourth-order valence-corrected chi connectivity index (χ4v) is 1.93. The van der Waals surface area contributed by atoms with Crippen LogP contribution in [0.4, 0.5) is 11.4 Å². The van der Waals surface area contributed by atoms with Gasteiger partial charge in [0, 0.05) is 23.8 Å². The van der Waals surface area contributed by atoms with Gasteiger partial charge in [-0.1, -0.05) is 5.16 Å². The Bertz CT molecular complexity index is 683. The molecule has 0 saturated carbocycles. The average molecular weight is 353 g/mol. The maximum Gasteiger partial charge on any atom is 0.260 e. The maximum atomic E-state index is 12.0. The van der Waals surface area contributed by atoms with Crippen molar-refractivity contribution in [1.82, 2.24) is 5.16 Å². The number of rotatable bonds is 6. The molecule has 130 valence electrons. The molecule has 0 bridgehead atoms. The fourth-order valence-electron chi connectivity index (χ4n) is 1.93. The molecule has 2 rings (SSSR count). The summed E-state index contributed by atoms with van der Waals surface area (Å²) in [6.07, 6.45) is 2.39. The molecule has 0 aliphatic heterocycles. The second-order valence-electron chi connectivity index (χ2n) is 5.39. The van der Waals surface area contributed by atoms with Gasteiger partial charge in [-0.25, -0.2) is 0 Å². The summed E-state index contributed by atoms with van der Waals surface area (Å²) in [6, 6.07) is 6.86. The summed E-state index contributed by atoms with van der Waals surface area (Å²) in [5.41, 5.74) is 7.29. The molecule has 0 saturated heterocycles. The highest BCUT2D eigenvalue weighted by molar-refractivity contribution is 6.04. The molecule has 0 aliphatic rings. The summed E-state index contributed by atoms with van der Waals surface area (Å²) in [5, 5.41) is 9.09. The number of aryl methyl sites for hydroxylation is 1. The Kier molecular flexibility index (Phi) is 7.41. The minimum atomic E-state index is -0.294. The lowest BCUT2D eigenvalue weighted by molar-refractivity contribution is -0.116. The highest BCUT2D eigenvalue weighted by Crippen LogP contribution is 2.16. The number of carbonyl (C=O) groups is 2. The lowest BCUT2D eigenvalue weighted by Gasteiger charge is -2.08. The van der Waals surface area contributed by atoms with Crippen LogP contribution in [0.5, 0.6) is 0 Å². The fraction of sp³-hybridized carbons (Fsp3) is 0.312. The third kappa shape index (κ3) is 5.68. The lowest BCUT2D eigenvalue weighted by atomic mass is 10.2. The summed E-state index contributed by atoms with van der Waals surface area (Å²) in [6.45, 7) is 3.53. The van der Waals surface area contributed by atoms with Crippen molar-refractivity contribution in [1.29, 1.82) is 0 Å². The zero-order chi connectivity index (χ0) is 16.8. The normalized spacial score (nSPS) is 11.3. The lowest BCUT2D eigenvalue weighted by Crippen LogP contribution is -2.19. The van der Waals surface area contributed by atoms with E-state index in [-0.39, 0.29) is 30.3 Å². The summed E-state index contributed by atoms with van der Waals surface area (Å²) in [4.78, 5) is 23.7. The number of hydrogen-bond donors (Lipinski definition) is 3. The van der Waals surface area contributed by atoms with Crippen molar-refractivity contribution in [2.75, 3.05) is 10.6 Å². The van der Waals surface area contributed by atoms with Gasteiger partial charge in [0.25, 0.3) is 5.91 Å². The van der Waals surface area contributed by atoms with Crippen molar-refractivity contribution in [2.24, 2.45) is 5.73 Å². The first-order valence-corrected chi connectivity index (χ1v) is 7.34. The second-order valence-corrected chi connectivity index (χ2v) is 5.39. The molecule has 1 aromatic heterocycles. The Hall–Kier alpha value is -2.38. The first kappa shape index (κ1) is 19.7. The monoisotopic (exact) mass is 352 g/mol. The minimum absolute atomic E-state index is 0. The molecular formula is C16H21ClN4O3. The Balaban J connectivity index is 0.00000288. The smallest absolute Gasteiger partial charge is 0.260 e. The van der Waals surface area contributed by atoms with Gasteiger partial charge in [0.15, 0.2) is 0 Å². The molecule has 0 fully saturated rings. The standard InChI is InChI=1S/C16H20N4O3.ClH/c1-10(17)3-8-15(21)19-12-4-6-13(7-5-12)20-16(22)14-9-18-23-11(14)2;/h4-7,9-10H,3,8,17H2,1-2H3,(H,19,21)(H,20,22);1H. The van der Waals surface area contributed by atoms with Crippen LogP contribution in [-0.2, 0) is 4.79 Å². The van der Waals surface area contributed by atoms with Crippen molar-refractivity contribution in [2.45, 2.75) is 32.7 Å². The molecule has 0 aliphatic carbocycles. The van der Waals surface area contributed by atoms with Crippen molar-refractivity contribution >= 4 is 35.6 Å². The van der Waals surface area contributed by atoms with Gasteiger partial charge in [0.05, 0.1) is 6.20 Å². The van der Waals surface area contributed by atoms with Crippen LogP contribution in [0, 0.1) is 6.92 Å². The molecule has 2 aromatic rings. The van der Waals surface area contributed by atoms with E-state index in [0.29, 0.717) is 35.5 Å². The van der Waals surface area contributed by atoms with Crippen LogP contribution in [0.25, 0.3) is 0 Å². The van der Waals surface area contributed by atoms with Crippen LogP contribution in [0.2, 0.25) is 0 Å². The molecule has 0 spiro atoms. The number of nitrogens with one attached hydrogen (secondary N) is 2. The van der Waals surface area contributed by atoms with Crippen LogP contribution in [0.1, 0.15) is 35.9 Å². The first-order valence-electron chi connectivity index (χ1n) is 7.34. The molecule has 0 radical (unpaired) electrons. The Morgan fingerprint density at radius 1 is 1.21 bits per heavy atom. The number of nitrogens with two attached hydrogens (primary N) is 1. The topological polar surface area (TPSA) is 110 Å². The van der Waals surface area contributed by atoms with E-state index in [1.165, 1.54) is 6.20 Å². The molecule has 24 heavy (non-hydrogen) atoms. The van der Waals surface area contributed by atoms with Crippen molar-refractivity contribution in [3.63, 3.8) is 0 Å². The van der Waals surface area contributed by atoms with E-state index < -0.39 is 0 Å². The Morgan fingerprint density at radius 2 is 1.79 bits per heavy atom. The number of carbonyl (C=O) groups excluding carboxylic acids is 2. The first-order chi connectivity index (χ1) is 11.0. The van der Waals surface area contributed by atoms with Gasteiger partial charge in [-0.05, 0) is 44.5 Å².